The minimum atomic E-state index is -3.83. The highest BCUT2D eigenvalue weighted by Gasteiger charge is 2.46. The highest BCUT2D eigenvalue weighted by Crippen LogP contribution is 2.38. The Balaban J connectivity index is 2.84. The van der Waals surface area contributed by atoms with E-state index in [1.54, 1.807) is 0 Å². The number of hydrogen-bond donors (Lipinski definition) is 3. The SMILES string of the molecule is CC1(C(=O)O)CCCC1NS(N)(=O)=O. The third-order valence-electron chi connectivity index (χ3n) is 2.75. The van der Waals surface area contributed by atoms with Gasteiger partial charge in [-0.2, -0.15) is 13.1 Å². The molecule has 7 heteroatoms. The van der Waals surface area contributed by atoms with E-state index in [4.69, 9.17) is 10.2 Å². The van der Waals surface area contributed by atoms with E-state index in [1.807, 2.05) is 0 Å². The third-order valence-corrected chi connectivity index (χ3v) is 3.37. The van der Waals surface area contributed by atoms with E-state index in [1.165, 1.54) is 6.92 Å². The number of nitrogens with two attached hydrogens (primary N) is 1. The van der Waals surface area contributed by atoms with Gasteiger partial charge in [-0.15, -0.1) is 0 Å². The van der Waals surface area contributed by atoms with Crippen LogP contribution in [0, 0.1) is 5.41 Å². The van der Waals surface area contributed by atoms with Crippen molar-refractivity contribution in [2.45, 2.75) is 32.2 Å². The van der Waals surface area contributed by atoms with Crippen molar-refractivity contribution in [2.24, 2.45) is 10.6 Å². The smallest absolute Gasteiger partial charge is 0.310 e. The molecule has 0 aromatic carbocycles. The van der Waals surface area contributed by atoms with Crippen LogP contribution < -0.4 is 9.86 Å². The van der Waals surface area contributed by atoms with Crippen molar-refractivity contribution in [1.29, 1.82) is 0 Å². The molecule has 0 heterocycles. The van der Waals surface area contributed by atoms with Crippen LogP contribution in [-0.4, -0.2) is 25.5 Å². The zero-order chi connectivity index (χ0) is 11.0. The first-order chi connectivity index (χ1) is 6.26. The lowest BCUT2D eigenvalue weighted by atomic mass is 9.85. The number of aliphatic carboxylic acids is 1. The lowest BCUT2D eigenvalue weighted by molar-refractivity contribution is -0.148. The Labute approximate surface area is 82.7 Å². The van der Waals surface area contributed by atoms with Gasteiger partial charge in [-0.1, -0.05) is 6.42 Å². The fourth-order valence-electron chi connectivity index (χ4n) is 1.81. The van der Waals surface area contributed by atoms with E-state index in [-0.39, 0.29) is 0 Å². The summed E-state index contributed by atoms with van der Waals surface area (Å²) in [6.07, 6.45) is 1.67. The van der Waals surface area contributed by atoms with E-state index in [2.05, 4.69) is 4.72 Å². The number of carbonyl (C=O) groups is 1. The molecule has 0 amide bonds. The van der Waals surface area contributed by atoms with Crippen LogP contribution in [0.4, 0.5) is 0 Å². The first kappa shape index (κ1) is 11.4. The summed E-state index contributed by atoms with van der Waals surface area (Å²) in [5.74, 6) is -0.990. The van der Waals surface area contributed by atoms with Crippen LogP contribution in [0.25, 0.3) is 0 Å². The van der Waals surface area contributed by atoms with E-state index < -0.39 is 27.6 Å². The van der Waals surface area contributed by atoms with Crippen molar-refractivity contribution in [3.05, 3.63) is 0 Å². The molecule has 4 N–H and O–H groups in total. The van der Waals surface area contributed by atoms with Crippen LogP contribution in [0.15, 0.2) is 0 Å². The molecule has 1 aliphatic rings. The number of carboxylic acids is 1. The Bertz CT molecular complexity index is 340. The van der Waals surface area contributed by atoms with Gasteiger partial charge in [0, 0.05) is 6.04 Å². The van der Waals surface area contributed by atoms with E-state index in [0.717, 1.165) is 0 Å². The van der Waals surface area contributed by atoms with Gasteiger partial charge >= 0.3 is 5.97 Å². The summed E-state index contributed by atoms with van der Waals surface area (Å²) >= 11 is 0. The molecule has 1 rings (SSSR count). The minimum absolute atomic E-state index is 0.468. The van der Waals surface area contributed by atoms with Crippen molar-refractivity contribution in [3.8, 4) is 0 Å². The summed E-state index contributed by atoms with van der Waals surface area (Å²) < 4.78 is 23.7. The average Bonchev–Trinajstić information content (AvgIpc) is 2.30. The average molecular weight is 222 g/mol. The lowest BCUT2D eigenvalue weighted by Gasteiger charge is -2.26. The first-order valence-electron chi connectivity index (χ1n) is 4.29. The molecule has 0 saturated heterocycles. The second-order valence-electron chi connectivity index (χ2n) is 3.83. The second-order valence-corrected chi connectivity index (χ2v) is 5.16. The van der Waals surface area contributed by atoms with Crippen molar-refractivity contribution in [3.63, 3.8) is 0 Å². The second kappa shape index (κ2) is 3.48. The highest BCUT2D eigenvalue weighted by atomic mass is 32.2. The molecule has 6 nitrogen and oxygen atoms in total. The summed E-state index contributed by atoms with van der Waals surface area (Å²) in [4.78, 5) is 10.9. The van der Waals surface area contributed by atoms with Gasteiger partial charge in [0.2, 0.25) is 0 Å². The zero-order valence-corrected chi connectivity index (χ0v) is 8.67. The Morgan fingerprint density at radius 1 is 1.64 bits per heavy atom. The van der Waals surface area contributed by atoms with E-state index in [0.29, 0.717) is 19.3 Å². The quantitative estimate of drug-likeness (QED) is 0.593. The molecule has 1 aliphatic carbocycles. The predicted octanol–water partition coefficient (Wildman–Crippen LogP) is -0.577. The van der Waals surface area contributed by atoms with Gasteiger partial charge in [-0.3, -0.25) is 4.79 Å². The number of hydrogen-bond acceptors (Lipinski definition) is 3. The van der Waals surface area contributed by atoms with Crippen molar-refractivity contribution < 1.29 is 18.3 Å². The molecule has 82 valence electrons. The van der Waals surface area contributed by atoms with Gasteiger partial charge in [0.05, 0.1) is 5.41 Å². The molecule has 14 heavy (non-hydrogen) atoms. The molecule has 2 atom stereocenters. The Morgan fingerprint density at radius 3 is 2.64 bits per heavy atom. The van der Waals surface area contributed by atoms with E-state index >= 15 is 0 Å². The maximum atomic E-state index is 10.9. The minimum Gasteiger partial charge on any atom is -0.481 e. The molecule has 2 unspecified atom stereocenters. The molecule has 1 saturated carbocycles. The first-order valence-corrected chi connectivity index (χ1v) is 5.84. The summed E-state index contributed by atoms with van der Waals surface area (Å²) in [6, 6.07) is -0.602. The fraction of sp³-hybridized carbons (Fsp3) is 0.857. The van der Waals surface area contributed by atoms with Gasteiger partial charge in [0.15, 0.2) is 0 Å². The standard InChI is InChI=1S/C7H14N2O4S/c1-7(6(10)11)4-2-3-5(7)9-14(8,12)13/h5,9H,2-4H2,1H3,(H,10,11)(H2,8,12,13). The van der Waals surface area contributed by atoms with Gasteiger partial charge < -0.3 is 5.11 Å². The van der Waals surface area contributed by atoms with Crippen LogP contribution in [-0.2, 0) is 15.0 Å². The molecule has 0 spiro atoms. The molecule has 0 aromatic rings. The van der Waals surface area contributed by atoms with Crippen molar-refractivity contribution in [2.75, 3.05) is 0 Å². The summed E-state index contributed by atoms with van der Waals surface area (Å²) in [5.41, 5.74) is -1.04. The number of carboxylic acid groups (broad SMARTS) is 1. The Hall–Kier alpha value is -0.660. The largest absolute Gasteiger partial charge is 0.481 e. The summed E-state index contributed by atoms with van der Waals surface area (Å²) in [5, 5.41) is 13.8. The van der Waals surface area contributed by atoms with Crippen LogP contribution in [0.1, 0.15) is 26.2 Å². The van der Waals surface area contributed by atoms with Gasteiger partial charge in [-0.25, -0.2) is 5.14 Å². The monoisotopic (exact) mass is 222 g/mol. The maximum absolute atomic E-state index is 10.9. The predicted molar refractivity (Wildman–Crippen MR) is 49.6 cm³/mol. The zero-order valence-electron chi connectivity index (χ0n) is 7.86. The van der Waals surface area contributed by atoms with Crippen molar-refractivity contribution >= 4 is 16.2 Å². The third kappa shape index (κ3) is 2.23. The summed E-state index contributed by atoms with van der Waals surface area (Å²) in [6.45, 7) is 1.53. The van der Waals surface area contributed by atoms with Crippen LogP contribution in [0.5, 0.6) is 0 Å². The topological polar surface area (TPSA) is 109 Å². The molecule has 1 fully saturated rings. The van der Waals surface area contributed by atoms with Gasteiger partial charge in [0.1, 0.15) is 0 Å². The van der Waals surface area contributed by atoms with Crippen LogP contribution in [0.3, 0.4) is 0 Å². The normalized spacial score (nSPS) is 33.1. The Morgan fingerprint density at radius 2 is 2.21 bits per heavy atom. The number of rotatable bonds is 3. The van der Waals surface area contributed by atoms with Gasteiger partial charge in [-0.05, 0) is 19.8 Å². The van der Waals surface area contributed by atoms with E-state index in [9.17, 15) is 13.2 Å². The molecule has 0 aromatic heterocycles. The molecular formula is C7H14N2O4S. The molecule has 0 bridgehead atoms. The fourth-order valence-corrected chi connectivity index (χ4v) is 2.58. The van der Waals surface area contributed by atoms with Gasteiger partial charge in [0.25, 0.3) is 10.2 Å². The lowest BCUT2D eigenvalue weighted by Crippen LogP contribution is -2.49. The molecular weight excluding hydrogens is 208 g/mol. The molecule has 0 aliphatic heterocycles. The van der Waals surface area contributed by atoms with Crippen molar-refractivity contribution in [1.82, 2.24) is 4.72 Å². The van der Waals surface area contributed by atoms with Crippen LogP contribution in [0.2, 0.25) is 0 Å². The molecule has 0 radical (unpaired) electrons. The Kier molecular flexibility index (Phi) is 2.84. The number of nitrogens with one attached hydrogen (secondary N) is 1. The summed E-state index contributed by atoms with van der Waals surface area (Å²) in [7, 11) is -3.83. The van der Waals surface area contributed by atoms with Crippen LogP contribution >= 0.6 is 0 Å². The highest BCUT2D eigenvalue weighted by molar-refractivity contribution is 7.87. The maximum Gasteiger partial charge on any atom is 0.310 e.